The van der Waals surface area contributed by atoms with Gasteiger partial charge >= 0.3 is 18.2 Å². The molecule has 3 aliphatic heterocycles. The summed E-state index contributed by atoms with van der Waals surface area (Å²) in [7, 11) is 0. The fourth-order valence-electron chi connectivity index (χ4n) is 5.00. The predicted molar refractivity (Wildman–Crippen MR) is 137 cm³/mol. The molecule has 210 valence electrons. The van der Waals surface area contributed by atoms with Crippen molar-refractivity contribution in [2.45, 2.75) is 44.4 Å². The number of carbonyl (C=O) groups excluding carboxylic acids is 1. The summed E-state index contributed by atoms with van der Waals surface area (Å²) in [5.41, 5.74) is 0.382. The summed E-state index contributed by atoms with van der Waals surface area (Å²) in [6.45, 7) is 5.56. The number of urea groups is 1. The highest BCUT2D eigenvalue weighted by atomic mass is 19.4. The Morgan fingerprint density at radius 2 is 2.00 bits per heavy atom. The molecular weight excluding hydrogens is 531 g/mol. The van der Waals surface area contributed by atoms with Crippen molar-refractivity contribution in [3.8, 4) is 17.4 Å². The number of halogens is 3. The second-order valence-electron chi connectivity index (χ2n) is 10.2. The second kappa shape index (κ2) is 9.86. The van der Waals surface area contributed by atoms with Gasteiger partial charge in [-0.05, 0) is 32.4 Å². The molecule has 14 heteroatoms. The van der Waals surface area contributed by atoms with Crippen LogP contribution in [0.5, 0.6) is 6.01 Å². The van der Waals surface area contributed by atoms with Crippen molar-refractivity contribution in [3.05, 3.63) is 48.4 Å². The van der Waals surface area contributed by atoms with Gasteiger partial charge in [0.2, 0.25) is 0 Å². The van der Waals surface area contributed by atoms with Gasteiger partial charge in [-0.1, -0.05) is 12.1 Å². The van der Waals surface area contributed by atoms with Gasteiger partial charge in [0.25, 0.3) is 0 Å². The summed E-state index contributed by atoms with van der Waals surface area (Å²) in [6.07, 6.45) is 0.363. The molecule has 3 aliphatic rings. The van der Waals surface area contributed by atoms with Crippen molar-refractivity contribution >= 4 is 23.2 Å². The summed E-state index contributed by atoms with van der Waals surface area (Å²) < 4.78 is 56.6. The van der Waals surface area contributed by atoms with E-state index in [1.165, 1.54) is 29.4 Å². The zero-order valence-electron chi connectivity index (χ0n) is 21.7. The lowest BCUT2D eigenvalue weighted by Crippen LogP contribution is -2.48. The largest absolute Gasteiger partial charge is 0.461 e. The smallest absolute Gasteiger partial charge is 0.416 e. The van der Waals surface area contributed by atoms with Gasteiger partial charge in [0.15, 0.2) is 17.4 Å². The number of nitrogens with one attached hydrogen (secondary N) is 1. The molecule has 1 N–H and O–H groups in total. The van der Waals surface area contributed by atoms with Crippen molar-refractivity contribution in [3.63, 3.8) is 0 Å². The predicted octanol–water partition coefficient (Wildman–Crippen LogP) is 4.11. The maximum absolute atomic E-state index is 13.5. The molecule has 3 aromatic rings. The fourth-order valence-corrected chi connectivity index (χ4v) is 5.00. The molecule has 2 fully saturated rings. The Balaban J connectivity index is 1.19. The number of amides is 2. The SMILES string of the molecule is CC1(C)OC[C@@H](COc2ncc(NC(=O)N3c4nc(-c5cccc(C(F)(F)F)c5)ncc4N4CC[C@H]3C4)cn2)O1. The van der Waals surface area contributed by atoms with Crippen LogP contribution in [-0.2, 0) is 15.7 Å². The van der Waals surface area contributed by atoms with Gasteiger partial charge in [0, 0.05) is 18.7 Å². The van der Waals surface area contributed by atoms with Crippen molar-refractivity contribution in [1.29, 1.82) is 0 Å². The summed E-state index contributed by atoms with van der Waals surface area (Å²) >= 11 is 0. The average molecular weight is 558 g/mol. The molecule has 2 saturated heterocycles. The molecule has 0 aliphatic carbocycles. The highest BCUT2D eigenvalue weighted by Crippen LogP contribution is 2.40. The Morgan fingerprint density at radius 3 is 2.73 bits per heavy atom. The van der Waals surface area contributed by atoms with E-state index in [2.05, 4.69) is 30.2 Å². The minimum absolute atomic E-state index is 0.0926. The third-order valence-corrected chi connectivity index (χ3v) is 6.86. The molecule has 2 aromatic heterocycles. The van der Waals surface area contributed by atoms with Gasteiger partial charge in [-0.3, -0.25) is 4.90 Å². The van der Waals surface area contributed by atoms with Crippen molar-refractivity contribution in [2.75, 3.05) is 41.4 Å². The molecule has 0 radical (unpaired) electrons. The molecule has 2 atom stereocenters. The van der Waals surface area contributed by atoms with E-state index in [9.17, 15) is 18.0 Å². The number of rotatable bonds is 5. The maximum atomic E-state index is 13.5. The Bertz CT molecular complexity index is 1420. The van der Waals surface area contributed by atoms with Crippen molar-refractivity contribution in [2.24, 2.45) is 0 Å². The van der Waals surface area contributed by atoms with Crippen LogP contribution in [-0.4, -0.2) is 70.2 Å². The van der Waals surface area contributed by atoms with Crippen molar-refractivity contribution < 1.29 is 32.2 Å². The molecular formula is C26H26F3N7O4. The number of aromatic nitrogens is 4. The molecule has 11 nitrogen and oxygen atoms in total. The zero-order valence-corrected chi connectivity index (χ0v) is 21.7. The van der Waals surface area contributed by atoms with Crippen LogP contribution in [0.4, 0.5) is 35.2 Å². The van der Waals surface area contributed by atoms with E-state index in [1.54, 1.807) is 6.20 Å². The number of ether oxygens (including phenoxy) is 3. The van der Waals surface area contributed by atoms with Gasteiger partial charge in [-0.25, -0.2) is 24.7 Å². The highest BCUT2D eigenvalue weighted by Gasteiger charge is 2.41. The van der Waals surface area contributed by atoms with Gasteiger partial charge < -0.3 is 24.4 Å². The molecule has 1 aromatic carbocycles. The average Bonchev–Trinajstić information content (AvgIpc) is 3.50. The molecule has 0 saturated carbocycles. The van der Waals surface area contributed by atoms with Gasteiger partial charge in [0.1, 0.15) is 12.7 Å². The number of carbonyl (C=O) groups is 1. The number of hydrogen-bond donors (Lipinski definition) is 1. The van der Waals surface area contributed by atoms with Gasteiger partial charge in [-0.15, -0.1) is 0 Å². The van der Waals surface area contributed by atoms with E-state index in [0.29, 0.717) is 43.3 Å². The van der Waals surface area contributed by atoms with E-state index in [-0.39, 0.29) is 36.2 Å². The van der Waals surface area contributed by atoms with E-state index in [0.717, 1.165) is 12.1 Å². The summed E-state index contributed by atoms with van der Waals surface area (Å²) in [5.74, 6) is -0.239. The number of benzene rings is 1. The third-order valence-electron chi connectivity index (χ3n) is 6.86. The molecule has 2 amide bonds. The highest BCUT2D eigenvalue weighted by molar-refractivity contribution is 6.04. The summed E-state index contributed by atoms with van der Waals surface area (Å²) in [4.78, 5) is 34.2. The molecule has 40 heavy (non-hydrogen) atoms. The first kappa shape index (κ1) is 26.2. The van der Waals surface area contributed by atoms with E-state index in [4.69, 9.17) is 14.2 Å². The molecule has 0 unspecified atom stereocenters. The lowest BCUT2D eigenvalue weighted by Gasteiger charge is -2.35. The molecule has 2 bridgehead atoms. The Morgan fingerprint density at radius 1 is 1.20 bits per heavy atom. The minimum atomic E-state index is -4.50. The van der Waals surface area contributed by atoms with Gasteiger partial charge in [0.05, 0.1) is 48.2 Å². The first-order chi connectivity index (χ1) is 19.1. The number of anilines is 3. The first-order valence-corrected chi connectivity index (χ1v) is 12.7. The van der Waals surface area contributed by atoms with Crippen LogP contribution in [0, 0.1) is 0 Å². The Labute approximate surface area is 227 Å². The van der Waals surface area contributed by atoms with Crippen LogP contribution in [0.1, 0.15) is 25.8 Å². The van der Waals surface area contributed by atoms with Gasteiger partial charge in [-0.2, -0.15) is 13.2 Å². The number of hydrogen-bond acceptors (Lipinski definition) is 9. The number of nitrogens with zero attached hydrogens (tertiary/aromatic N) is 6. The van der Waals surface area contributed by atoms with Crippen LogP contribution in [0.15, 0.2) is 42.9 Å². The second-order valence-corrected chi connectivity index (χ2v) is 10.2. The third kappa shape index (κ3) is 5.23. The topological polar surface area (TPSA) is 115 Å². The Hall–Kier alpha value is -4.04. The lowest BCUT2D eigenvalue weighted by molar-refractivity contribution is -0.141. The Kier molecular flexibility index (Phi) is 6.45. The zero-order chi connectivity index (χ0) is 28.1. The monoisotopic (exact) mass is 557 g/mol. The number of alkyl halides is 3. The molecule has 6 rings (SSSR count). The van der Waals surface area contributed by atoms with E-state index >= 15 is 0 Å². The van der Waals surface area contributed by atoms with Crippen LogP contribution >= 0.6 is 0 Å². The lowest BCUT2D eigenvalue weighted by atomic mass is 10.1. The fraction of sp³-hybridized carbons (Fsp3) is 0.423. The minimum Gasteiger partial charge on any atom is -0.461 e. The van der Waals surface area contributed by atoms with Crippen LogP contribution in [0.3, 0.4) is 0 Å². The maximum Gasteiger partial charge on any atom is 0.416 e. The normalized spacial score (nSPS) is 21.3. The molecule has 0 spiro atoms. The van der Waals surface area contributed by atoms with Crippen LogP contribution < -0.4 is 19.9 Å². The quantitative estimate of drug-likeness (QED) is 0.495. The van der Waals surface area contributed by atoms with Crippen LogP contribution in [0.2, 0.25) is 0 Å². The van der Waals surface area contributed by atoms with Crippen LogP contribution in [0.25, 0.3) is 11.4 Å². The van der Waals surface area contributed by atoms with Crippen molar-refractivity contribution in [1.82, 2.24) is 19.9 Å². The standard InChI is InChI=1S/C26H26F3N7O4/c1-25(2)39-14-19(40-25)13-38-23-31-9-17(10-32-23)33-24(37)36-18-6-7-35(12-18)20-11-30-21(34-22(20)36)15-4-3-5-16(8-15)26(27,28)29/h3-5,8-11,18-19H,6-7,12-14H2,1-2H3,(H,33,37)/t18-,19+/m0/s1. The summed E-state index contributed by atoms with van der Waals surface area (Å²) in [5, 5.41) is 2.79. The molecule has 5 heterocycles. The van der Waals surface area contributed by atoms with E-state index in [1.807, 2.05) is 13.8 Å². The number of fused-ring (bicyclic) bond motifs is 4. The van der Waals surface area contributed by atoms with E-state index < -0.39 is 23.6 Å². The summed E-state index contributed by atoms with van der Waals surface area (Å²) in [6, 6.07) is 4.30. The first-order valence-electron chi connectivity index (χ1n) is 12.7.